The Bertz CT molecular complexity index is 1230. The number of carboxylic acid groups (broad SMARTS) is 1. The molecule has 17 heteroatoms. The molecule has 0 unspecified atom stereocenters. The topological polar surface area (TPSA) is 179 Å². The zero-order valence-corrected chi connectivity index (χ0v) is 18.9. The lowest BCUT2D eigenvalue weighted by molar-refractivity contribution is -0.164. The molecule has 3 aliphatic heterocycles. The highest BCUT2D eigenvalue weighted by molar-refractivity contribution is 8.00. The number of halogens is 3. The number of allylic oxidation sites excluding steroid dienone is 1. The number of fused-ring (bicyclic) bond motifs is 1. The SMILES string of the molecule is Nc1nc(/C(=N/O)C(=O)N[C@@H]2C(=O)N3C(C(=O)O)=C(/C=C4\CN(CC(F)(F)F)C4=O)CS[C@H]23)cs1. The van der Waals surface area contributed by atoms with E-state index < -0.39 is 59.2 Å². The minimum Gasteiger partial charge on any atom is -0.477 e. The van der Waals surface area contributed by atoms with Crippen LogP contribution < -0.4 is 11.1 Å². The summed E-state index contributed by atoms with van der Waals surface area (Å²) in [4.78, 5) is 54.5. The number of nitrogens with one attached hydrogen (secondary N) is 1. The molecule has 0 radical (unpaired) electrons. The van der Waals surface area contributed by atoms with Gasteiger partial charge in [0.25, 0.3) is 17.7 Å². The molecule has 186 valence electrons. The van der Waals surface area contributed by atoms with Crippen LogP contribution in [0.15, 0.2) is 33.5 Å². The van der Waals surface area contributed by atoms with Crippen LogP contribution in [-0.4, -0.2) is 90.9 Å². The van der Waals surface area contributed by atoms with Crippen molar-refractivity contribution in [2.75, 3.05) is 24.6 Å². The van der Waals surface area contributed by atoms with Crippen LogP contribution in [0.25, 0.3) is 0 Å². The van der Waals surface area contributed by atoms with Crippen LogP contribution in [0.4, 0.5) is 18.3 Å². The van der Waals surface area contributed by atoms with Crippen molar-refractivity contribution >= 4 is 57.6 Å². The van der Waals surface area contributed by atoms with Crippen molar-refractivity contribution in [1.82, 2.24) is 20.1 Å². The maximum atomic E-state index is 12.7. The molecule has 5 N–H and O–H groups in total. The van der Waals surface area contributed by atoms with Crippen molar-refractivity contribution in [3.8, 4) is 0 Å². The average Bonchev–Trinajstić information content (AvgIpc) is 3.21. The lowest BCUT2D eigenvalue weighted by Gasteiger charge is -2.49. The van der Waals surface area contributed by atoms with Crippen molar-refractivity contribution in [1.29, 1.82) is 0 Å². The second kappa shape index (κ2) is 8.88. The molecule has 3 aliphatic rings. The van der Waals surface area contributed by atoms with Crippen molar-refractivity contribution in [2.45, 2.75) is 17.6 Å². The number of alkyl halides is 3. The van der Waals surface area contributed by atoms with E-state index >= 15 is 0 Å². The number of likely N-dealkylation sites (tertiary alicyclic amines) is 1. The number of aromatic nitrogens is 1. The lowest BCUT2D eigenvalue weighted by atomic mass is 9.99. The summed E-state index contributed by atoms with van der Waals surface area (Å²) < 4.78 is 37.5. The standard InChI is InChI=1S/C18H15F3N6O6S2/c19-18(20,21)5-26-2-6(13(26)29)1-7-3-34-15-10(14(30)27(15)11(7)16(31)32)24-12(28)9(25-33)8-4-35-17(22)23-8/h1,4,10,15,33H,2-3,5H2,(H2,22,23)(H,24,28)(H,31,32)/b6-1+,25-9-/t10-,15-/m1/s1. The zero-order chi connectivity index (χ0) is 25.7. The van der Waals surface area contributed by atoms with E-state index in [1.54, 1.807) is 0 Å². The molecule has 1 aromatic rings. The van der Waals surface area contributed by atoms with E-state index in [9.17, 15) is 42.7 Å². The van der Waals surface area contributed by atoms with Gasteiger partial charge in [-0.2, -0.15) is 13.2 Å². The summed E-state index contributed by atoms with van der Waals surface area (Å²) in [6, 6.07) is -1.14. The Kier molecular flexibility index (Phi) is 6.22. The zero-order valence-electron chi connectivity index (χ0n) is 17.3. The Morgan fingerprint density at radius 1 is 1.37 bits per heavy atom. The van der Waals surface area contributed by atoms with Crippen LogP contribution in [0, 0.1) is 0 Å². The fourth-order valence-corrected chi connectivity index (χ4v) is 5.55. The summed E-state index contributed by atoms with van der Waals surface area (Å²) >= 11 is 2.08. The highest BCUT2D eigenvalue weighted by Gasteiger charge is 2.54. The van der Waals surface area contributed by atoms with Gasteiger partial charge in [0.2, 0.25) is 0 Å². The first-order chi connectivity index (χ1) is 16.4. The number of aliphatic carboxylic acids is 1. The summed E-state index contributed by atoms with van der Waals surface area (Å²) in [6.07, 6.45) is -3.37. The second-order valence-electron chi connectivity index (χ2n) is 7.51. The van der Waals surface area contributed by atoms with Gasteiger partial charge >= 0.3 is 12.1 Å². The van der Waals surface area contributed by atoms with Gasteiger partial charge in [-0.25, -0.2) is 9.78 Å². The number of rotatable bonds is 6. The van der Waals surface area contributed by atoms with E-state index in [-0.39, 0.29) is 34.3 Å². The number of nitrogens with zero attached hydrogens (tertiary/aromatic N) is 4. The molecule has 2 atom stereocenters. The molecule has 4 heterocycles. The molecule has 2 saturated heterocycles. The molecule has 35 heavy (non-hydrogen) atoms. The molecule has 3 amide bonds. The van der Waals surface area contributed by atoms with Crippen molar-refractivity contribution in [3.63, 3.8) is 0 Å². The molecular formula is C18H15F3N6O6S2. The number of carbonyl (C=O) groups is 4. The summed E-state index contributed by atoms with van der Waals surface area (Å²) in [5.74, 6) is -4.03. The molecule has 0 saturated carbocycles. The third-order valence-corrected chi connectivity index (χ3v) is 7.18. The predicted molar refractivity (Wildman–Crippen MR) is 115 cm³/mol. The number of hydrogen-bond donors (Lipinski definition) is 4. The molecule has 0 bridgehead atoms. The first kappa shape index (κ1) is 24.5. The maximum absolute atomic E-state index is 12.7. The quantitative estimate of drug-likeness (QED) is 0.129. The van der Waals surface area contributed by atoms with E-state index in [4.69, 9.17) is 5.73 Å². The molecular weight excluding hydrogens is 517 g/mol. The summed E-state index contributed by atoms with van der Waals surface area (Å²) in [7, 11) is 0. The van der Waals surface area contributed by atoms with Crippen molar-refractivity contribution in [2.24, 2.45) is 5.16 Å². The first-order valence-electron chi connectivity index (χ1n) is 9.63. The van der Waals surface area contributed by atoms with Gasteiger partial charge < -0.3 is 26.3 Å². The number of nitrogen functional groups attached to an aromatic ring is 1. The number of thiazole rings is 1. The van der Waals surface area contributed by atoms with Crippen molar-refractivity contribution in [3.05, 3.63) is 34.0 Å². The predicted octanol–water partition coefficient (Wildman–Crippen LogP) is -0.0269. The number of hydrogen-bond acceptors (Lipinski definition) is 10. The monoisotopic (exact) mass is 532 g/mol. The molecule has 12 nitrogen and oxygen atoms in total. The second-order valence-corrected chi connectivity index (χ2v) is 9.50. The highest BCUT2D eigenvalue weighted by atomic mass is 32.2. The van der Waals surface area contributed by atoms with E-state index in [2.05, 4.69) is 15.5 Å². The highest BCUT2D eigenvalue weighted by Crippen LogP contribution is 2.41. The third kappa shape index (κ3) is 4.55. The maximum Gasteiger partial charge on any atom is 0.406 e. The number of anilines is 1. The van der Waals surface area contributed by atoms with Gasteiger partial charge in [-0.3, -0.25) is 19.3 Å². The number of nitrogens with two attached hydrogens (primary N) is 1. The Hall–Kier alpha value is -3.60. The number of carbonyl (C=O) groups excluding carboxylic acids is 3. The van der Waals surface area contributed by atoms with Gasteiger partial charge in [0, 0.05) is 16.7 Å². The number of oxime groups is 1. The van der Waals surface area contributed by atoms with Crippen LogP contribution in [-0.2, 0) is 19.2 Å². The molecule has 2 fully saturated rings. The van der Waals surface area contributed by atoms with Gasteiger partial charge in [-0.1, -0.05) is 5.16 Å². The van der Waals surface area contributed by atoms with Crippen LogP contribution in [0.2, 0.25) is 0 Å². The van der Waals surface area contributed by atoms with Gasteiger partial charge in [-0.15, -0.1) is 23.1 Å². The third-order valence-electron chi connectivity index (χ3n) is 5.21. The number of thioether (sulfide) groups is 1. The minimum absolute atomic E-state index is 0.00814. The largest absolute Gasteiger partial charge is 0.477 e. The fourth-order valence-electron chi connectivity index (χ4n) is 3.69. The smallest absolute Gasteiger partial charge is 0.406 e. The molecule has 1 aromatic heterocycles. The summed E-state index contributed by atoms with van der Waals surface area (Å²) in [6.45, 7) is -1.72. The number of amides is 3. The Balaban J connectivity index is 1.49. The van der Waals surface area contributed by atoms with Gasteiger partial charge in [0.1, 0.15) is 29.4 Å². The first-order valence-corrected chi connectivity index (χ1v) is 11.6. The van der Waals surface area contributed by atoms with Crippen LogP contribution in [0.1, 0.15) is 5.69 Å². The normalized spacial score (nSPS) is 23.7. The van der Waals surface area contributed by atoms with Crippen LogP contribution >= 0.6 is 23.1 Å². The molecule has 0 spiro atoms. The van der Waals surface area contributed by atoms with Crippen molar-refractivity contribution < 1.29 is 42.7 Å². The lowest BCUT2D eigenvalue weighted by Crippen LogP contribution is -2.71. The van der Waals surface area contributed by atoms with E-state index in [1.165, 1.54) is 11.5 Å². The summed E-state index contributed by atoms with van der Waals surface area (Å²) in [5, 5.41) is 24.8. The van der Waals surface area contributed by atoms with E-state index in [0.717, 1.165) is 28.0 Å². The summed E-state index contributed by atoms with van der Waals surface area (Å²) in [5.41, 5.74) is 4.65. The Morgan fingerprint density at radius 3 is 2.63 bits per heavy atom. The molecule has 0 aromatic carbocycles. The minimum atomic E-state index is -4.56. The Morgan fingerprint density at radius 2 is 2.09 bits per heavy atom. The van der Waals surface area contributed by atoms with Gasteiger partial charge in [-0.05, 0) is 11.6 Å². The van der Waals surface area contributed by atoms with Crippen LogP contribution in [0.3, 0.4) is 0 Å². The van der Waals surface area contributed by atoms with E-state index in [0.29, 0.717) is 4.90 Å². The van der Waals surface area contributed by atoms with E-state index in [1.807, 2.05) is 0 Å². The number of carboxylic acids is 1. The van der Waals surface area contributed by atoms with Gasteiger partial charge in [0.15, 0.2) is 10.8 Å². The average molecular weight is 532 g/mol. The molecule has 4 rings (SSSR count). The Labute approximate surface area is 201 Å². The van der Waals surface area contributed by atoms with Gasteiger partial charge in [0.05, 0.1) is 6.54 Å². The fraction of sp³-hybridized carbons (Fsp3) is 0.333. The molecule has 0 aliphatic carbocycles. The van der Waals surface area contributed by atoms with Crippen LogP contribution in [0.5, 0.6) is 0 Å². The number of β-lactam (4-membered cyclic amide) rings is 2.